The van der Waals surface area contributed by atoms with Crippen LogP contribution >= 0.6 is 10.7 Å². The number of hydrogen-bond donors (Lipinski definition) is 0. The van der Waals surface area contributed by atoms with Crippen LogP contribution in [0.3, 0.4) is 0 Å². The highest BCUT2D eigenvalue weighted by atomic mass is 35.7. The molecule has 0 amide bonds. The van der Waals surface area contributed by atoms with Crippen molar-refractivity contribution in [1.29, 1.82) is 0 Å². The molecule has 2 rings (SSSR count). The number of hydrogen-bond acceptors (Lipinski definition) is 4. The van der Waals surface area contributed by atoms with Gasteiger partial charge in [-0.05, 0) is 37.6 Å². The smallest absolute Gasteiger partial charge is 0.261 e. The van der Waals surface area contributed by atoms with Crippen LogP contribution in [-0.2, 0) is 22.2 Å². The summed E-state index contributed by atoms with van der Waals surface area (Å²) >= 11 is 0. The van der Waals surface area contributed by atoms with Crippen LogP contribution in [0.2, 0.25) is 0 Å². The Morgan fingerprint density at radius 1 is 1.40 bits per heavy atom. The van der Waals surface area contributed by atoms with Crippen molar-refractivity contribution < 1.29 is 13.2 Å². The SMILES string of the molecule is CCn1cc(COc2ccc(S(=O)(=O)Cl)cc2C)cn1. The summed E-state index contributed by atoms with van der Waals surface area (Å²) < 4.78 is 29.9. The number of nitrogens with zero attached hydrogens (tertiary/aromatic N) is 2. The molecule has 0 aliphatic carbocycles. The van der Waals surface area contributed by atoms with Crippen molar-refractivity contribution >= 4 is 19.7 Å². The van der Waals surface area contributed by atoms with Crippen LogP contribution in [0.4, 0.5) is 0 Å². The lowest BCUT2D eigenvalue weighted by Gasteiger charge is -2.08. The first kappa shape index (κ1) is 14.9. The highest BCUT2D eigenvalue weighted by Gasteiger charge is 2.12. The van der Waals surface area contributed by atoms with Gasteiger partial charge in [-0.15, -0.1) is 0 Å². The molecular formula is C13H15ClN2O3S. The van der Waals surface area contributed by atoms with Gasteiger partial charge in [0.15, 0.2) is 0 Å². The van der Waals surface area contributed by atoms with Gasteiger partial charge in [-0.1, -0.05) is 0 Å². The molecule has 20 heavy (non-hydrogen) atoms. The minimum Gasteiger partial charge on any atom is -0.489 e. The fraction of sp³-hybridized carbons (Fsp3) is 0.308. The van der Waals surface area contributed by atoms with E-state index in [-0.39, 0.29) is 4.90 Å². The van der Waals surface area contributed by atoms with Gasteiger partial charge in [0, 0.05) is 29.0 Å². The molecule has 108 valence electrons. The molecule has 0 aliphatic rings. The van der Waals surface area contributed by atoms with Crippen molar-refractivity contribution in [1.82, 2.24) is 9.78 Å². The normalized spacial score (nSPS) is 11.6. The second-order valence-electron chi connectivity index (χ2n) is 4.36. The Balaban J connectivity index is 2.10. The molecular weight excluding hydrogens is 300 g/mol. The molecule has 5 nitrogen and oxygen atoms in total. The molecule has 1 heterocycles. The second-order valence-corrected chi connectivity index (χ2v) is 6.92. The minimum absolute atomic E-state index is 0.0721. The molecule has 0 N–H and O–H groups in total. The summed E-state index contributed by atoms with van der Waals surface area (Å²) in [4.78, 5) is 0.0721. The van der Waals surface area contributed by atoms with Crippen molar-refractivity contribution in [3.8, 4) is 5.75 Å². The van der Waals surface area contributed by atoms with Crippen LogP contribution in [0.1, 0.15) is 18.1 Å². The summed E-state index contributed by atoms with van der Waals surface area (Å²) in [5.41, 5.74) is 1.68. The Kier molecular flexibility index (Phi) is 4.35. The van der Waals surface area contributed by atoms with Gasteiger partial charge in [-0.3, -0.25) is 4.68 Å². The Morgan fingerprint density at radius 2 is 2.15 bits per heavy atom. The lowest BCUT2D eigenvalue weighted by atomic mass is 10.2. The lowest BCUT2D eigenvalue weighted by molar-refractivity contribution is 0.303. The Hall–Kier alpha value is -1.53. The zero-order valence-electron chi connectivity index (χ0n) is 11.2. The molecule has 0 spiro atoms. The number of ether oxygens (including phenoxy) is 1. The molecule has 1 aromatic heterocycles. The standard InChI is InChI=1S/C13H15ClN2O3S/c1-3-16-8-11(7-15-16)9-19-13-5-4-12(6-10(13)2)20(14,17)18/h4-8H,3,9H2,1-2H3. The molecule has 0 radical (unpaired) electrons. The van der Waals surface area contributed by atoms with Crippen molar-refractivity contribution in [3.63, 3.8) is 0 Å². The van der Waals surface area contributed by atoms with Gasteiger partial charge in [0.1, 0.15) is 12.4 Å². The van der Waals surface area contributed by atoms with Crippen molar-refractivity contribution in [2.75, 3.05) is 0 Å². The summed E-state index contributed by atoms with van der Waals surface area (Å²) in [7, 11) is 1.59. The number of aromatic nitrogens is 2. The van der Waals surface area contributed by atoms with Crippen LogP contribution < -0.4 is 4.74 Å². The van der Waals surface area contributed by atoms with E-state index >= 15 is 0 Å². The first-order chi connectivity index (χ1) is 9.40. The Bertz CT molecular complexity index is 710. The average molecular weight is 315 g/mol. The maximum Gasteiger partial charge on any atom is 0.261 e. The first-order valence-corrected chi connectivity index (χ1v) is 8.40. The van der Waals surface area contributed by atoms with Gasteiger partial charge in [-0.25, -0.2) is 8.42 Å². The van der Waals surface area contributed by atoms with E-state index < -0.39 is 9.05 Å². The summed E-state index contributed by atoms with van der Waals surface area (Å²) in [6, 6.07) is 4.53. The minimum atomic E-state index is -3.71. The number of aryl methyl sites for hydroxylation is 2. The van der Waals surface area contributed by atoms with Crippen LogP contribution in [0.5, 0.6) is 5.75 Å². The lowest BCUT2D eigenvalue weighted by Crippen LogP contribution is -1.98. The Labute approximate surface area is 122 Å². The predicted octanol–water partition coefficient (Wildman–Crippen LogP) is 2.72. The largest absolute Gasteiger partial charge is 0.489 e. The zero-order chi connectivity index (χ0) is 14.8. The van der Waals surface area contributed by atoms with E-state index in [4.69, 9.17) is 15.4 Å². The average Bonchev–Trinajstić information content (AvgIpc) is 2.84. The predicted molar refractivity (Wildman–Crippen MR) is 76.5 cm³/mol. The number of benzene rings is 1. The topological polar surface area (TPSA) is 61.2 Å². The first-order valence-electron chi connectivity index (χ1n) is 6.09. The third-order valence-electron chi connectivity index (χ3n) is 2.83. The number of halogens is 1. The van der Waals surface area contributed by atoms with Crippen LogP contribution in [-0.4, -0.2) is 18.2 Å². The fourth-order valence-corrected chi connectivity index (χ4v) is 2.59. The van der Waals surface area contributed by atoms with Crippen LogP contribution in [0, 0.1) is 6.92 Å². The van der Waals surface area contributed by atoms with E-state index in [1.165, 1.54) is 12.1 Å². The highest BCUT2D eigenvalue weighted by Crippen LogP contribution is 2.24. The monoisotopic (exact) mass is 314 g/mol. The molecule has 0 aliphatic heterocycles. The van der Waals surface area contributed by atoms with Gasteiger partial charge in [0.05, 0.1) is 11.1 Å². The summed E-state index contributed by atoms with van der Waals surface area (Å²) in [6.07, 6.45) is 3.66. The summed E-state index contributed by atoms with van der Waals surface area (Å²) in [5.74, 6) is 0.623. The molecule has 0 saturated heterocycles. The molecule has 1 aromatic carbocycles. The molecule has 2 aromatic rings. The summed E-state index contributed by atoms with van der Waals surface area (Å²) in [5, 5.41) is 4.16. The third kappa shape index (κ3) is 3.52. The quantitative estimate of drug-likeness (QED) is 0.796. The molecule has 0 unspecified atom stereocenters. The van der Waals surface area contributed by atoms with Gasteiger partial charge in [-0.2, -0.15) is 5.10 Å². The molecule has 0 saturated carbocycles. The van der Waals surface area contributed by atoms with E-state index in [0.717, 1.165) is 17.7 Å². The van der Waals surface area contributed by atoms with E-state index in [1.807, 2.05) is 17.8 Å². The van der Waals surface area contributed by atoms with E-state index in [1.54, 1.807) is 19.2 Å². The van der Waals surface area contributed by atoms with Crippen molar-refractivity contribution in [2.45, 2.75) is 31.9 Å². The van der Waals surface area contributed by atoms with Gasteiger partial charge < -0.3 is 4.74 Å². The fourth-order valence-electron chi connectivity index (χ4n) is 1.75. The van der Waals surface area contributed by atoms with Crippen LogP contribution in [0.25, 0.3) is 0 Å². The van der Waals surface area contributed by atoms with Gasteiger partial charge in [0.2, 0.25) is 0 Å². The van der Waals surface area contributed by atoms with Gasteiger partial charge >= 0.3 is 0 Å². The van der Waals surface area contributed by atoms with Crippen molar-refractivity contribution in [2.24, 2.45) is 0 Å². The molecule has 0 atom stereocenters. The summed E-state index contributed by atoms with van der Waals surface area (Å²) in [6.45, 7) is 4.97. The molecule has 0 bridgehead atoms. The zero-order valence-corrected chi connectivity index (χ0v) is 12.8. The van der Waals surface area contributed by atoms with E-state index in [9.17, 15) is 8.42 Å². The second kappa shape index (κ2) is 5.85. The van der Waals surface area contributed by atoms with E-state index in [2.05, 4.69) is 5.10 Å². The maximum atomic E-state index is 11.2. The molecule has 7 heteroatoms. The van der Waals surface area contributed by atoms with E-state index in [0.29, 0.717) is 12.4 Å². The van der Waals surface area contributed by atoms with Crippen molar-refractivity contribution in [3.05, 3.63) is 41.7 Å². The molecule has 0 fully saturated rings. The van der Waals surface area contributed by atoms with Crippen LogP contribution in [0.15, 0.2) is 35.5 Å². The highest BCUT2D eigenvalue weighted by molar-refractivity contribution is 8.13. The Morgan fingerprint density at radius 3 is 2.70 bits per heavy atom. The number of rotatable bonds is 5. The third-order valence-corrected chi connectivity index (χ3v) is 4.18. The maximum absolute atomic E-state index is 11.2. The van der Waals surface area contributed by atoms with Gasteiger partial charge in [0.25, 0.3) is 9.05 Å².